The van der Waals surface area contributed by atoms with Crippen LogP contribution in [0.15, 0.2) is 18.5 Å². The molecule has 0 saturated heterocycles. The average Bonchev–Trinajstić information content (AvgIpc) is 3.01. The number of hydrogen-bond acceptors (Lipinski definition) is 5. The van der Waals surface area contributed by atoms with Gasteiger partial charge in [-0.05, 0) is 31.9 Å². The average molecular weight is 265 g/mol. The molecule has 0 fully saturated rings. The van der Waals surface area contributed by atoms with E-state index < -0.39 is 0 Å². The van der Waals surface area contributed by atoms with Crippen LogP contribution in [0.2, 0.25) is 0 Å². The van der Waals surface area contributed by atoms with Crippen LogP contribution in [-0.4, -0.2) is 25.1 Å². The van der Waals surface area contributed by atoms with Crippen molar-refractivity contribution in [3.63, 3.8) is 0 Å². The van der Waals surface area contributed by atoms with E-state index in [1.54, 1.807) is 0 Å². The maximum atomic E-state index is 4.34. The molecule has 0 aliphatic rings. The van der Waals surface area contributed by atoms with E-state index >= 15 is 0 Å². The first kappa shape index (κ1) is 13.2. The lowest BCUT2D eigenvalue weighted by molar-refractivity contribution is 0.484. The third-order valence-electron chi connectivity index (χ3n) is 2.99. The summed E-state index contributed by atoms with van der Waals surface area (Å²) in [6.07, 6.45) is 6.84. The van der Waals surface area contributed by atoms with E-state index in [0.29, 0.717) is 6.04 Å². The smallest absolute Gasteiger partial charge is 0.0912 e. The first-order chi connectivity index (χ1) is 8.81. The molecule has 98 valence electrons. The Morgan fingerprint density at radius 3 is 3.00 bits per heavy atom. The molecule has 0 aliphatic carbocycles. The molecule has 2 heterocycles. The van der Waals surface area contributed by atoms with Crippen molar-refractivity contribution in [2.75, 3.05) is 6.54 Å². The number of hydrogen-bond donors (Lipinski definition) is 1. The Balaban J connectivity index is 1.95. The summed E-state index contributed by atoms with van der Waals surface area (Å²) in [4.78, 5) is 0. The topological polar surface area (TPSA) is 55.6 Å². The molecule has 0 radical (unpaired) electrons. The van der Waals surface area contributed by atoms with Gasteiger partial charge in [-0.25, -0.2) is 0 Å². The molecule has 2 aromatic heterocycles. The van der Waals surface area contributed by atoms with Crippen LogP contribution >= 0.6 is 11.7 Å². The predicted octanol–water partition coefficient (Wildman–Crippen LogP) is 1.95. The second-order valence-corrected chi connectivity index (χ2v) is 4.88. The molecular formula is C12H19N5S. The van der Waals surface area contributed by atoms with Crippen LogP contribution in [-0.2, 0) is 13.5 Å². The lowest BCUT2D eigenvalue weighted by Gasteiger charge is -2.15. The minimum absolute atomic E-state index is 0.290. The van der Waals surface area contributed by atoms with Gasteiger partial charge < -0.3 is 5.32 Å². The van der Waals surface area contributed by atoms with Crippen LogP contribution < -0.4 is 5.32 Å². The van der Waals surface area contributed by atoms with E-state index in [0.717, 1.165) is 31.5 Å². The Morgan fingerprint density at radius 2 is 2.39 bits per heavy atom. The summed E-state index contributed by atoms with van der Waals surface area (Å²) in [6, 6.07) is 2.36. The van der Waals surface area contributed by atoms with Crippen molar-refractivity contribution >= 4 is 11.7 Å². The summed E-state index contributed by atoms with van der Waals surface area (Å²) in [6.45, 7) is 3.18. The highest BCUT2D eigenvalue weighted by Gasteiger charge is 2.14. The fraction of sp³-hybridized carbons (Fsp3) is 0.583. The number of nitrogens with one attached hydrogen (secondary N) is 1. The molecule has 0 saturated carbocycles. The number of rotatable bonds is 7. The minimum atomic E-state index is 0.290. The molecule has 6 heteroatoms. The predicted molar refractivity (Wildman–Crippen MR) is 72.5 cm³/mol. The van der Waals surface area contributed by atoms with E-state index in [-0.39, 0.29) is 0 Å². The van der Waals surface area contributed by atoms with Crippen molar-refractivity contribution in [3.05, 3.63) is 29.8 Å². The van der Waals surface area contributed by atoms with E-state index in [1.165, 1.54) is 17.4 Å². The zero-order valence-corrected chi connectivity index (χ0v) is 11.7. The Hall–Kier alpha value is -1.27. The van der Waals surface area contributed by atoms with Gasteiger partial charge in [0.25, 0.3) is 0 Å². The standard InChI is InChI=1S/C12H19N5S/c1-3-7-13-11(12-9-15-18-16-12)5-4-10-6-8-14-17(10)2/h6,8-9,11,13H,3-5,7H2,1-2H3. The van der Waals surface area contributed by atoms with E-state index in [1.807, 2.05) is 24.1 Å². The molecule has 2 aromatic rings. The summed E-state index contributed by atoms with van der Waals surface area (Å²) in [7, 11) is 1.98. The largest absolute Gasteiger partial charge is 0.309 e. The molecular weight excluding hydrogens is 246 g/mol. The first-order valence-electron chi connectivity index (χ1n) is 6.29. The van der Waals surface area contributed by atoms with Crippen molar-refractivity contribution in [2.45, 2.75) is 32.2 Å². The summed E-state index contributed by atoms with van der Waals surface area (Å²) in [5, 5.41) is 7.72. The van der Waals surface area contributed by atoms with Gasteiger partial charge in [0.15, 0.2) is 0 Å². The van der Waals surface area contributed by atoms with Crippen molar-refractivity contribution < 1.29 is 0 Å². The highest BCUT2D eigenvalue weighted by atomic mass is 32.1. The normalized spacial score (nSPS) is 12.8. The summed E-state index contributed by atoms with van der Waals surface area (Å²) in [5.41, 5.74) is 2.30. The van der Waals surface area contributed by atoms with Gasteiger partial charge in [0.2, 0.25) is 0 Å². The van der Waals surface area contributed by atoms with Gasteiger partial charge in [-0.1, -0.05) is 6.92 Å². The third-order valence-corrected chi connectivity index (χ3v) is 3.48. The van der Waals surface area contributed by atoms with Gasteiger partial charge in [-0.15, -0.1) is 0 Å². The minimum Gasteiger partial charge on any atom is -0.309 e. The maximum absolute atomic E-state index is 4.34. The monoisotopic (exact) mass is 265 g/mol. The van der Waals surface area contributed by atoms with E-state index in [4.69, 9.17) is 0 Å². The van der Waals surface area contributed by atoms with Gasteiger partial charge in [0.05, 0.1) is 29.7 Å². The van der Waals surface area contributed by atoms with Crippen LogP contribution in [0.25, 0.3) is 0 Å². The van der Waals surface area contributed by atoms with Gasteiger partial charge in [0.1, 0.15) is 0 Å². The summed E-state index contributed by atoms with van der Waals surface area (Å²) >= 11 is 1.27. The molecule has 0 amide bonds. The van der Waals surface area contributed by atoms with Gasteiger partial charge >= 0.3 is 0 Å². The molecule has 2 rings (SSSR count). The molecule has 0 bridgehead atoms. The van der Waals surface area contributed by atoms with E-state index in [2.05, 4.69) is 32.2 Å². The molecule has 1 unspecified atom stereocenters. The SMILES string of the molecule is CCCNC(CCc1ccnn1C)c1cnsn1. The van der Waals surface area contributed by atoms with Gasteiger partial charge in [-0.2, -0.15) is 13.8 Å². The quantitative estimate of drug-likeness (QED) is 0.831. The molecule has 1 atom stereocenters. The fourth-order valence-electron chi connectivity index (χ4n) is 1.94. The van der Waals surface area contributed by atoms with Crippen molar-refractivity contribution in [2.24, 2.45) is 7.05 Å². The number of nitrogens with zero attached hydrogens (tertiary/aromatic N) is 4. The second-order valence-electron chi connectivity index (χ2n) is 4.32. The lowest BCUT2D eigenvalue weighted by Crippen LogP contribution is -2.23. The van der Waals surface area contributed by atoms with Crippen molar-refractivity contribution in [1.82, 2.24) is 23.8 Å². The van der Waals surface area contributed by atoms with Crippen LogP contribution in [0.5, 0.6) is 0 Å². The van der Waals surface area contributed by atoms with Crippen LogP contribution in [0.3, 0.4) is 0 Å². The van der Waals surface area contributed by atoms with Gasteiger partial charge in [-0.3, -0.25) is 4.68 Å². The summed E-state index contributed by atoms with van der Waals surface area (Å²) in [5.74, 6) is 0. The van der Waals surface area contributed by atoms with Crippen LogP contribution in [0.4, 0.5) is 0 Å². The number of aryl methyl sites for hydroxylation is 2. The molecule has 1 N–H and O–H groups in total. The van der Waals surface area contributed by atoms with Crippen LogP contribution in [0.1, 0.15) is 37.2 Å². The third kappa shape index (κ3) is 3.36. The Labute approximate surface area is 112 Å². The van der Waals surface area contributed by atoms with Crippen molar-refractivity contribution in [3.8, 4) is 0 Å². The molecule has 0 spiro atoms. The second kappa shape index (κ2) is 6.61. The zero-order valence-electron chi connectivity index (χ0n) is 10.8. The highest BCUT2D eigenvalue weighted by Crippen LogP contribution is 2.17. The molecule has 0 aromatic carbocycles. The summed E-state index contributed by atoms with van der Waals surface area (Å²) < 4.78 is 10.4. The molecule has 5 nitrogen and oxygen atoms in total. The number of aromatic nitrogens is 4. The van der Waals surface area contributed by atoms with E-state index in [9.17, 15) is 0 Å². The Morgan fingerprint density at radius 1 is 1.50 bits per heavy atom. The lowest BCUT2D eigenvalue weighted by atomic mass is 10.1. The van der Waals surface area contributed by atoms with Gasteiger partial charge in [0, 0.05) is 18.9 Å². The first-order valence-corrected chi connectivity index (χ1v) is 7.02. The Kier molecular flexibility index (Phi) is 4.83. The molecule has 0 aliphatic heterocycles. The zero-order chi connectivity index (χ0) is 12.8. The van der Waals surface area contributed by atoms with Crippen LogP contribution in [0, 0.1) is 0 Å². The van der Waals surface area contributed by atoms with Crippen molar-refractivity contribution in [1.29, 1.82) is 0 Å². The maximum Gasteiger partial charge on any atom is 0.0912 e. The fourth-order valence-corrected chi connectivity index (χ4v) is 2.41. The highest BCUT2D eigenvalue weighted by molar-refractivity contribution is 6.99. The Bertz CT molecular complexity index is 451. The molecule has 18 heavy (non-hydrogen) atoms.